The molecule has 0 unspecified atom stereocenters. The molecule has 0 saturated carbocycles. The Morgan fingerprint density at radius 2 is 1.71 bits per heavy atom. The average molecular weight is 390 g/mol. The number of nitrogens with zero attached hydrogens (tertiary/aromatic N) is 3. The molecule has 0 aliphatic carbocycles. The third-order valence-corrected chi connectivity index (χ3v) is 4.91. The van der Waals surface area contributed by atoms with Crippen LogP contribution in [-0.2, 0) is 11.3 Å². The molecule has 3 aromatic rings. The van der Waals surface area contributed by atoms with Crippen LogP contribution in [0.2, 0.25) is 5.02 Å². The van der Waals surface area contributed by atoms with Crippen LogP contribution >= 0.6 is 11.6 Å². The van der Waals surface area contributed by atoms with Gasteiger partial charge in [-0.15, -0.1) is 0 Å². The van der Waals surface area contributed by atoms with Gasteiger partial charge in [0, 0.05) is 24.2 Å². The van der Waals surface area contributed by atoms with E-state index < -0.39 is 5.92 Å². The maximum atomic E-state index is 13.2. The van der Waals surface area contributed by atoms with Gasteiger partial charge < -0.3 is 0 Å². The third-order valence-electron chi connectivity index (χ3n) is 4.59. The molecule has 6 heteroatoms. The molecule has 1 atom stereocenters. The molecule has 1 aliphatic rings. The van der Waals surface area contributed by atoms with Gasteiger partial charge in [-0.2, -0.15) is 0 Å². The molecule has 0 fully saturated rings. The molecule has 0 saturated heterocycles. The van der Waals surface area contributed by atoms with E-state index in [1.165, 1.54) is 0 Å². The fourth-order valence-corrected chi connectivity index (χ4v) is 3.43. The van der Waals surface area contributed by atoms with Gasteiger partial charge in [0.25, 0.3) is 5.91 Å². The van der Waals surface area contributed by atoms with Crippen molar-refractivity contribution in [3.05, 3.63) is 94.8 Å². The molecular weight excluding hydrogens is 374 g/mol. The first-order chi connectivity index (χ1) is 13.7. The van der Waals surface area contributed by atoms with Gasteiger partial charge in [0.2, 0.25) is 5.91 Å². The lowest BCUT2D eigenvalue weighted by molar-refractivity contribution is -0.118. The van der Waals surface area contributed by atoms with Crippen molar-refractivity contribution >= 4 is 35.3 Å². The number of carbonyl (C=O) groups is 2. The van der Waals surface area contributed by atoms with E-state index in [0.29, 0.717) is 28.4 Å². The Morgan fingerprint density at radius 3 is 2.50 bits per heavy atom. The number of benzene rings is 2. The minimum atomic E-state index is -0.660. The van der Waals surface area contributed by atoms with Gasteiger partial charge in [0.1, 0.15) is 0 Å². The van der Waals surface area contributed by atoms with E-state index in [1.807, 2.05) is 18.2 Å². The predicted molar refractivity (Wildman–Crippen MR) is 109 cm³/mol. The molecule has 0 N–H and O–H groups in total. The van der Waals surface area contributed by atoms with Crippen molar-refractivity contribution in [1.82, 2.24) is 4.98 Å². The Bertz CT molecular complexity index is 1070. The summed E-state index contributed by atoms with van der Waals surface area (Å²) in [6.45, 7) is 0.425. The Balaban J connectivity index is 1.73. The van der Waals surface area contributed by atoms with Gasteiger partial charge in [-0.1, -0.05) is 41.9 Å². The van der Waals surface area contributed by atoms with Crippen LogP contribution in [0, 0.1) is 0 Å². The summed E-state index contributed by atoms with van der Waals surface area (Å²) in [5.74, 6) is -1.41. The molecule has 0 bridgehead atoms. The number of carbonyl (C=O) groups excluding carboxylic acids is 2. The normalized spacial score (nSPS) is 16.5. The van der Waals surface area contributed by atoms with Gasteiger partial charge in [0.05, 0.1) is 23.2 Å². The SMILES string of the molecule is O=C1c2ccccc2[C@H](C=NCc2ccncc2)C(=O)N1c1ccccc1Cl. The van der Waals surface area contributed by atoms with Crippen LogP contribution in [-0.4, -0.2) is 23.0 Å². The van der Waals surface area contributed by atoms with Gasteiger partial charge in [-0.3, -0.25) is 19.6 Å². The fraction of sp³-hybridized carbons (Fsp3) is 0.0909. The Kier molecular flexibility index (Phi) is 5.00. The van der Waals surface area contributed by atoms with Crippen molar-refractivity contribution in [2.75, 3.05) is 4.90 Å². The van der Waals surface area contributed by atoms with Gasteiger partial charge in [-0.25, -0.2) is 4.90 Å². The summed E-state index contributed by atoms with van der Waals surface area (Å²) in [7, 11) is 0. The number of pyridine rings is 1. The topological polar surface area (TPSA) is 62.6 Å². The van der Waals surface area contributed by atoms with Crippen LogP contribution < -0.4 is 4.90 Å². The molecule has 1 aliphatic heterocycles. The molecule has 0 radical (unpaired) electrons. The lowest BCUT2D eigenvalue weighted by Crippen LogP contribution is -2.45. The molecule has 138 valence electrons. The molecule has 0 spiro atoms. The maximum absolute atomic E-state index is 13.2. The van der Waals surface area contributed by atoms with Crippen molar-refractivity contribution in [3.8, 4) is 0 Å². The second-order valence-electron chi connectivity index (χ2n) is 6.34. The van der Waals surface area contributed by atoms with E-state index in [0.717, 1.165) is 10.5 Å². The van der Waals surface area contributed by atoms with Crippen molar-refractivity contribution in [2.45, 2.75) is 12.5 Å². The highest BCUT2D eigenvalue weighted by Gasteiger charge is 2.39. The molecule has 1 aromatic heterocycles. The first kappa shape index (κ1) is 18.1. The van der Waals surface area contributed by atoms with E-state index in [2.05, 4.69) is 9.98 Å². The zero-order valence-electron chi connectivity index (χ0n) is 14.8. The summed E-state index contributed by atoms with van der Waals surface area (Å²) in [6.07, 6.45) is 5.01. The third kappa shape index (κ3) is 3.32. The number of anilines is 1. The number of para-hydroxylation sites is 1. The smallest absolute Gasteiger partial charge is 0.265 e. The maximum Gasteiger partial charge on any atom is 0.265 e. The number of aliphatic imine (C=N–C) groups is 1. The number of halogens is 1. The highest BCUT2D eigenvalue weighted by atomic mass is 35.5. The van der Waals surface area contributed by atoms with Gasteiger partial charge in [-0.05, 0) is 41.5 Å². The van der Waals surface area contributed by atoms with Gasteiger partial charge >= 0.3 is 0 Å². The van der Waals surface area contributed by atoms with E-state index in [9.17, 15) is 9.59 Å². The van der Waals surface area contributed by atoms with Crippen LogP contribution in [0.3, 0.4) is 0 Å². The molecule has 2 heterocycles. The summed E-state index contributed by atoms with van der Waals surface area (Å²) in [5.41, 5.74) is 2.49. The van der Waals surface area contributed by atoms with E-state index in [-0.39, 0.29) is 11.8 Å². The quantitative estimate of drug-likeness (QED) is 0.494. The first-order valence-electron chi connectivity index (χ1n) is 8.77. The number of aromatic nitrogens is 1. The summed E-state index contributed by atoms with van der Waals surface area (Å²) in [6, 6.07) is 17.7. The fourth-order valence-electron chi connectivity index (χ4n) is 3.21. The van der Waals surface area contributed by atoms with Crippen LogP contribution in [0.4, 0.5) is 5.69 Å². The molecule has 5 nitrogen and oxygen atoms in total. The number of amides is 2. The number of rotatable bonds is 4. The Labute approximate surface area is 167 Å². The number of hydrogen-bond acceptors (Lipinski definition) is 4. The molecule has 2 aromatic carbocycles. The highest BCUT2D eigenvalue weighted by molar-refractivity contribution is 6.37. The van der Waals surface area contributed by atoms with Gasteiger partial charge in [0.15, 0.2) is 0 Å². The largest absolute Gasteiger partial charge is 0.292 e. The zero-order valence-corrected chi connectivity index (χ0v) is 15.6. The predicted octanol–water partition coefficient (Wildman–Crippen LogP) is 4.28. The lowest BCUT2D eigenvalue weighted by atomic mass is 9.89. The van der Waals surface area contributed by atoms with Crippen LogP contribution in [0.5, 0.6) is 0 Å². The van der Waals surface area contributed by atoms with Crippen molar-refractivity contribution < 1.29 is 9.59 Å². The van der Waals surface area contributed by atoms with E-state index in [1.54, 1.807) is 61.1 Å². The first-order valence-corrected chi connectivity index (χ1v) is 9.15. The molecule has 28 heavy (non-hydrogen) atoms. The summed E-state index contributed by atoms with van der Waals surface area (Å²) in [5, 5.41) is 0.344. The lowest BCUT2D eigenvalue weighted by Gasteiger charge is -2.31. The number of imide groups is 1. The minimum Gasteiger partial charge on any atom is -0.292 e. The Hall–Kier alpha value is -3.31. The zero-order chi connectivity index (χ0) is 19.5. The summed E-state index contributed by atoms with van der Waals surface area (Å²) >= 11 is 6.26. The van der Waals surface area contributed by atoms with Crippen molar-refractivity contribution in [1.29, 1.82) is 0 Å². The highest BCUT2D eigenvalue weighted by Crippen LogP contribution is 2.35. The molecule has 2 amide bonds. The number of hydrogen-bond donors (Lipinski definition) is 0. The van der Waals surface area contributed by atoms with Crippen LogP contribution in [0.15, 0.2) is 78.0 Å². The van der Waals surface area contributed by atoms with Crippen molar-refractivity contribution in [3.63, 3.8) is 0 Å². The van der Waals surface area contributed by atoms with Crippen LogP contribution in [0.1, 0.15) is 27.4 Å². The van der Waals surface area contributed by atoms with E-state index in [4.69, 9.17) is 11.6 Å². The van der Waals surface area contributed by atoms with E-state index >= 15 is 0 Å². The monoisotopic (exact) mass is 389 g/mol. The molecular formula is C22H16ClN3O2. The second kappa shape index (κ2) is 7.74. The molecule has 4 rings (SSSR count). The summed E-state index contributed by atoms with van der Waals surface area (Å²) in [4.78, 5) is 35.8. The second-order valence-corrected chi connectivity index (χ2v) is 6.75. The van der Waals surface area contributed by atoms with Crippen molar-refractivity contribution in [2.24, 2.45) is 4.99 Å². The number of fused-ring (bicyclic) bond motifs is 1. The minimum absolute atomic E-state index is 0.344. The average Bonchev–Trinajstić information content (AvgIpc) is 2.73. The standard InChI is InChI=1S/C22H16ClN3O2/c23-19-7-3-4-8-20(19)26-21(27)17-6-2-1-5-16(17)18(22(26)28)14-25-13-15-9-11-24-12-10-15/h1-12,14,18H,13H2/t18-/m0/s1. The summed E-state index contributed by atoms with van der Waals surface area (Å²) < 4.78 is 0. The Morgan fingerprint density at radius 1 is 1.00 bits per heavy atom. The van der Waals surface area contributed by atoms with Crippen LogP contribution in [0.25, 0.3) is 0 Å².